The van der Waals surface area contributed by atoms with E-state index in [4.69, 9.17) is 14.7 Å². The van der Waals surface area contributed by atoms with Gasteiger partial charge in [0.05, 0.1) is 11.1 Å². The summed E-state index contributed by atoms with van der Waals surface area (Å²) in [7, 11) is 0. The van der Waals surface area contributed by atoms with Gasteiger partial charge in [-0.25, -0.2) is 0 Å². The van der Waals surface area contributed by atoms with Crippen LogP contribution in [0.4, 0.5) is 0 Å². The van der Waals surface area contributed by atoms with Gasteiger partial charge >= 0.3 is 0 Å². The Hall–Kier alpha value is -0.730. The second-order valence-corrected chi connectivity index (χ2v) is 4.78. The third kappa shape index (κ3) is 3.90. The van der Waals surface area contributed by atoms with E-state index in [-0.39, 0.29) is 0 Å². The third-order valence-electron chi connectivity index (χ3n) is 2.00. The maximum atomic E-state index is 8.77. The van der Waals surface area contributed by atoms with Crippen LogP contribution in [0.3, 0.4) is 0 Å². The van der Waals surface area contributed by atoms with E-state index in [1.807, 2.05) is 25.1 Å². The standard InChI is InChI=1S/C12H13Br2NO2/c1-3-16-11-5-9(6-13)4-10(14)12(11)17-8(2)7-15/h4-5,8H,3,6H2,1-2H3. The Balaban J connectivity index is 3.12. The molecule has 1 unspecified atom stereocenters. The normalized spacial score (nSPS) is 11.7. The highest BCUT2D eigenvalue weighted by molar-refractivity contribution is 9.10. The van der Waals surface area contributed by atoms with E-state index < -0.39 is 6.10 Å². The molecule has 0 radical (unpaired) electrons. The number of hydrogen-bond donors (Lipinski definition) is 0. The van der Waals surface area contributed by atoms with Crippen molar-refractivity contribution in [2.75, 3.05) is 6.61 Å². The Labute approximate surface area is 118 Å². The van der Waals surface area contributed by atoms with Gasteiger partial charge in [0.25, 0.3) is 0 Å². The first-order chi connectivity index (χ1) is 8.12. The van der Waals surface area contributed by atoms with E-state index in [0.717, 1.165) is 15.4 Å². The fraction of sp³-hybridized carbons (Fsp3) is 0.417. The van der Waals surface area contributed by atoms with Crippen LogP contribution in [0.2, 0.25) is 0 Å². The molecule has 0 saturated heterocycles. The van der Waals surface area contributed by atoms with Crippen molar-refractivity contribution in [3.63, 3.8) is 0 Å². The molecule has 0 spiro atoms. The van der Waals surface area contributed by atoms with Gasteiger partial charge in [-0.15, -0.1) is 0 Å². The lowest BCUT2D eigenvalue weighted by atomic mass is 10.2. The molecule has 1 rings (SSSR count). The number of benzene rings is 1. The van der Waals surface area contributed by atoms with E-state index in [2.05, 4.69) is 31.9 Å². The summed E-state index contributed by atoms with van der Waals surface area (Å²) in [6, 6.07) is 5.88. The summed E-state index contributed by atoms with van der Waals surface area (Å²) in [5, 5.41) is 9.51. The average molecular weight is 363 g/mol. The van der Waals surface area contributed by atoms with Crippen molar-refractivity contribution in [1.29, 1.82) is 5.26 Å². The minimum absolute atomic E-state index is 0.514. The van der Waals surface area contributed by atoms with E-state index in [0.29, 0.717) is 18.1 Å². The largest absolute Gasteiger partial charge is 0.490 e. The SMILES string of the molecule is CCOc1cc(CBr)cc(Br)c1OC(C)C#N. The van der Waals surface area contributed by atoms with E-state index in [1.54, 1.807) is 6.92 Å². The van der Waals surface area contributed by atoms with Gasteiger partial charge < -0.3 is 9.47 Å². The summed E-state index contributed by atoms with van der Waals surface area (Å²) in [6.45, 7) is 4.16. The van der Waals surface area contributed by atoms with Gasteiger partial charge in [0.2, 0.25) is 0 Å². The number of nitriles is 1. The summed E-state index contributed by atoms with van der Waals surface area (Å²) in [4.78, 5) is 0. The zero-order valence-corrected chi connectivity index (χ0v) is 12.8. The summed E-state index contributed by atoms with van der Waals surface area (Å²) in [6.07, 6.45) is -0.514. The quantitative estimate of drug-likeness (QED) is 0.742. The van der Waals surface area contributed by atoms with Crippen LogP contribution in [0.1, 0.15) is 19.4 Å². The summed E-state index contributed by atoms with van der Waals surface area (Å²) < 4.78 is 11.8. The first kappa shape index (κ1) is 14.3. The van der Waals surface area contributed by atoms with Crippen molar-refractivity contribution < 1.29 is 9.47 Å². The van der Waals surface area contributed by atoms with Crippen LogP contribution in [-0.4, -0.2) is 12.7 Å². The highest BCUT2D eigenvalue weighted by Crippen LogP contribution is 2.38. The Morgan fingerprint density at radius 3 is 2.71 bits per heavy atom. The third-order valence-corrected chi connectivity index (χ3v) is 3.24. The molecule has 1 aromatic carbocycles. The molecule has 0 saturated carbocycles. The molecular weight excluding hydrogens is 350 g/mol. The molecular formula is C12H13Br2NO2. The predicted molar refractivity (Wildman–Crippen MR) is 73.6 cm³/mol. The highest BCUT2D eigenvalue weighted by atomic mass is 79.9. The molecule has 0 fully saturated rings. The van der Waals surface area contributed by atoms with Crippen LogP contribution in [0.5, 0.6) is 11.5 Å². The highest BCUT2D eigenvalue weighted by Gasteiger charge is 2.14. The maximum absolute atomic E-state index is 8.77. The Morgan fingerprint density at radius 1 is 1.47 bits per heavy atom. The van der Waals surface area contributed by atoms with Crippen LogP contribution < -0.4 is 9.47 Å². The predicted octanol–water partition coefficient (Wildman–Crippen LogP) is 4.03. The van der Waals surface area contributed by atoms with Crippen molar-refractivity contribution in [3.8, 4) is 17.6 Å². The molecule has 0 amide bonds. The Bertz CT molecular complexity index is 429. The number of nitrogens with zero attached hydrogens (tertiary/aromatic N) is 1. The van der Waals surface area contributed by atoms with Gasteiger partial charge in [-0.3, -0.25) is 0 Å². The second kappa shape index (κ2) is 6.87. The second-order valence-electron chi connectivity index (χ2n) is 3.36. The van der Waals surface area contributed by atoms with Gasteiger partial charge in [-0.2, -0.15) is 5.26 Å². The topological polar surface area (TPSA) is 42.2 Å². The van der Waals surface area contributed by atoms with Gasteiger partial charge in [-0.1, -0.05) is 15.9 Å². The lowest BCUT2D eigenvalue weighted by Crippen LogP contribution is -2.10. The minimum Gasteiger partial charge on any atom is -0.490 e. The number of hydrogen-bond acceptors (Lipinski definition) is 3. The fourth-order valence-electron chi connectivity index (χ4n) is 1.28. The van der Waals surface area contributed by atoms with E-state index in [1.165, 1.54) is 0 Å². The molecule has 0 aromatic heterocycles. The average Bonchev–Trinajstić information content (AvgIpc) is 2.33. The van der Waals surface area contributed by atoms with E-state index >= 15 is 0 Å². The molecule has 3 nitrogen and oxygen atoms in total. The maximum Gasteiger partial charge on any atom is 0.181 e. The van der Waals surface area contributed by atoms with Gasteiger partial charge in [0, 0.05) is 5.33 Å². The molecule has 1 aromatic rings. The molecule has 1 atom stereocenters. The molecule has 92 valence electrons. The van der Waals surface area contributed by atoms with Gasteiger partial charge in [0.15, 0.2) is 17.6 Å². The lowest BCUT2D eigenvalue weighted by Gasteiger charge is -2.15. The van der Waals surface area contributed by atoms with E-state index in [9.17, 15) is 0 Å². The van der Waals surface area contributed by atoms with Crippen molar-refractivity contribution in [3.05, 3.63) is 22.2 Å². The van der Waals surface area contributed by atoms with Crippen molar-refractivity contribution in [1.82, 2.24) is 0 Å². The van der Waals surface area contributed by atoms with Gasteiger partial charge in [0.1, 0.15) is 6.07 Å². The number of halogens is 2. The van der Waals surface area contributed by atoms with Crippen molar-refractivity contribution in [2.45, 2.75) is 25.3 Å². The molecule has 0 heterocycles. The zero-order chi connectivity index (χ0) is 12.8. The fourth-order valence-corrected chi connectivity index (χ4v) is 2.19. The Kier molecular flexibility index (Phi) is 5.79. The van der Waals surface area contributed by atoms with Crippen LogP contribution >= 0.6 is 31.9 Å². The molecule has 0 aliphatic heterocycles. The smallest absolute Gasteiger partial charge is 0.181 e. The van der Waals surface area contributed by atoms with Crippen LogP contribution in [-0.2, 0) is 5.33 Å². The van der Waals surface area contributed by atoms with Crippen molar-refractivity contribution in [2.24, 2.45) is 0 Å². The first-order valence-corrected chi connectivity index (χ1v) is 7.11. The number of ether oxygens (including phenoxy) is 2. The minimum atomic E-state index is -0.514. The molecule has 0 aliphatic rings. The number of alkyl halides is 1. The summed E-state index contributed by atoms with van der Waals surface area (Å²) >= 11 is 6.83. The first-order valence-electron chi connectivity index (χ1n) is 5.19. The number of rotatable bonds is 5. The summed E-state index contributed by atoms with van der Waals surface area (Å²) in [5.41, 5.74) is 1.08. The van der Waals surface area contributed by atoms with Gasteiger partial charge in [-0.05, 0) is 47.5 Å². The van der Waals surface area contributed by atoms with Crippen molar-refractivity contribution >= 4 is 31.9 Å². The molecule has 0 aliphatic carbocycles. The Morgan fingerprint density at radius 2 is 2.18 bits per heavy atom. The van der Waals surface area contributed by atoms with Crippen LogP contribution in [0.25, 0.3) is 0 Å². The molecule has 17 heavy (non-hydrogen) atoms. The molecule has 5 heteroatoms. The lowest BCUT2D eigenvalue weighted by molar-refractivity contribution is 0.248. The monoisotopic (exact) mass is 361 g/mol. The van der Waals surface area contributed by atoms with Crippen LogP contribution in [0.15, 0.2) is 16.6 Å². The molecule has 0 N–H and O–H groups in total. The zero-order valence-electron chi connectivity index (χ0n) is 9.67. The van der Waals surface area contributed by atoms with Crippen LogP contribution in [0, 0.1) is 11.3 Å². The molecule has 0 bridgehead atoms. The summed E-state index contributed by atoms with van der Waals surface area (Å²) in [5.74, 6) is 1.23.